The molecule has 0 spiro atoms. The van der Waals surface area contributed by atoms with Crippen molar-refractivity contribution in [1.29, 1.82) is 0 Å². The number of anilines is 1. The van der Waals surface area contributed by atoms with Gasteiger partial charge in [0.1, 0.15) is 36.6 Å². The summed E-state index contributed by atoms with van der Waals surface area (Å²) < 4.78 is 23.7. The van der Waals surface area contributed by atoms with Gasteiger partial charge in [0.2, 0.25) is 0 Å². The lowest BCUT2D eigenvalue weighted by atomic mass is 10.3. The van der Waals surface area contributed by atoms with Gasteiger partial charge in [0.25, 0.3) is 0 Å². The molecule has 3 N–H and O–H groups in total. The fourth-order valence-corrected chi connectivity index (χ4v) is 1.77. The fraction of sp³-hybridized carbons (Fsp3) is 0.200. The Labute approximate surface area is 126 Å². The highest BCUT2D eigenvalue weighted by molar-refractivity contribution is 6.30. The zero-order valence-electron chi connectivity index (χ0n) is 11.1. The minimum Gasteiger partial charge on any atom is -0.491 e. The van der Waals surface area contributed by atoms with Crippen LogP contribution >= 0.6 is 11.6 Å². The van der Waals surface area contributed by atoms with Crippen LogP contribution < -0.4 is 15.2 Å². The van der Waals surface area contributed by atoms with E-state index in [0.717, 1.165) is 0 Å². The van der Waals surface area contributed by atoms with Crippen LogP contribution in [0.1, 0.15) is 0 Å². The van der Waals surface area contributed by atoms with Crippen LogP contribution in [0.2, 0.25) is 5.02 Å². The average molecular weight is 312 g/mol. The van der Waals surface area contributed by atoms with Gasteiger partial charge in [0, 0.05) is 17.8 Å². The number of rotatable bonds is 6. The van der Waals surface area contributed by atoms with Gasteiger partial charge in [0.15, 0.2) is 0 Å². The Morgan fingerprint density at radius 2 is 1.76 bits per heavy atom. The SMILES string of the molecule is Nc1cccc(OCC(O)COc2ccc(F)c(Cl)c2)c1. The summed E-state index contributed by atoms with van der Waals surface area (Å²) in [6.45, 7) is 0.0582. The first-order valence-electron chi connectivity index (χ1n) is 6.29. The number of benzene rings is 2. The van der Waals surface area contributed by atoms with Gasteiger partial charge in [-0.2, -0.15) is 0 Å². The molecule has 0 aliphatic rings. The number of halogens is 2. The summed E-state index contributed by atoms with van der Waals surface area (Å²) in [5.74, 6) is 0.429. The molecule has 6 heteroatoms. The molecular formula is C15H15ClFNO3. The highest BCUT2D eigenvalue weighted by Gasteiger charge is 2.08. The third-order valence-electron chi connectivity index (χ3n) is 2.63. The molecule has 4 nitrogen and oxygen atoms in total. The number of hydrogen-bond acceptors (Lipinski definition) is 4. The quantitative estimate of drug-likeness (QED) is 0.805. The molecule has 21 heavy (non-hydrogen) atoms. The second-order valence-corrected chi connectivity index (χ2v) is 4.83. The number of nitrogen functional groups attached to an aromatic ring is 1. The number of aliphatic hydroxyl groups excluding tert-OH is 1. The van der Waals surface area contributed by atoms with E-state index in [4.69, 9.17) is 26.8 Å². The van der Waals surface area contributed by atoms with Gasteiger partial charge < -0.3 is 20.3 Å². The standard InChI is InChI=1S/C15H15ClFNO3/c16-14-7-13(4-5-15(14)17)21-9-11(19)8-20-12-3-1-2-10(18)6-12/h1-7,11,19H,8-9,18H2. The summed E-state index contributed by atoms with van der Waals surface area (Å²) in [7, 11) is 0. The van der Waals surface area contributed by atoms with Crippen LogP contribution in [-0.4, -0.2) is 24.4 Å². The Balaban J connectivity index is 1.79. The van der Waals surface area contributed by atoms with Crippen LogP contribution in [0.25, 0.3) is 0 Å². The van der Waals surface area contributed by atoms with E-state index in [-0.39, 0.29) is 18.2 Å². The largest absolute Gasteiger partial charge is 0.491 e. The Kier molecular flexibility index (Phi) is 5.25. The van der Waals surface area contributed by atoms with E-state index in [1.54, 1.807) is 24.3 Å². The second-order valence-electron chi connectivity index (χ2n) is 4.42. The highest BCUT2D eigenvalue weighted by atomic mass is 35.5. The molecule has 112 valence electrons. The first kappa shape index (κ1) is 15.4. The molecule has 0 heterocycles. The molecule has 2 aromatic carbocycles. The average Bonchev–Trinajstić information content (AvgIpc) is 2.46. The Morgan fingerprint density at radius 1 is 1.10 bits per heavy atom. The Morgan fingerprint density at radius 3 is 2.38 bits per heavy atom. The van der Waals surface area contributed by atoms with Crippen molar-refractivity contribution < 1.29 is 19.0 Å². The lowest BCUT2D eigenvalue weighted by molar-refractivity contribution is 0.0626. The van der Waals surface area contributed by atoms with E-state index in [2.05, 4.69) is 0 Å². The molecule has 1 atom stereocenters. The van der Waals surface area contributed by atoms with Gasteiger partial charge in [-0.1, -0.05) is 17.7 Å². The summed E-state index contributed by atoms with van der Waals surface area (Å²) in [6, 6.07) is 10.9. The molecule has 0 saturated heterocycles. The minimum atomic E-state index is -0.838. The summed E-state index contributed by atoms with van der Waals surface area (Å²) in [4.78, 5) is 0. The molecular weight excluding hydrogens is 297 g/mol. The van der Waals surface area contributed by atoms with Crippen molar-refractivity contribution >= 4 is 17.3 Å². The molecule has 0 aliphatic heterocycles. The first-order chi connectivity index (χ1) is 10.0. The molecule has 0 bridgehead atoms. The Hall–Kier alpha value is -1.98. The van der Waals surface area contributed by atoms with E-state index >= 15 is 0 Å². The van der Waals surface area contributed by atoms with Gasteiger partial charge in [-0.3, -0.25) is 0 Å². The van der Waals surface area contributed by atoms with Gasteiger partial charge in [-0.05, 0) is 24.3 Å². The molecule has 2 rings (SSSR count). The van der Waals surface area contributed by atoms with Gasteiger partial charge >= 0.3 is 0 Å². The van der Waals surface area contributed by atoms with Crippen LogP contribution in [0, 0.1) is 5.82 Å². The van der Waals surface area contributed by atoms with Gasteiger partial charge in [-0.25, -0.2) is 4.39 Å². The van der Waals surface area contributed by atoms with E-state index in [9.17, 15) is 9.50 Å². The molecule has 2 aromatic rings. The van der Waals surface area contributed by atoms with Crippen LogP contribution in [0.4, 0.5) is 10.1 Å². The molecule has 0 radical (unpaired) electrons. The fourth-order valence-electron chi connectivity index (χ4n) is 1.60. The maximum absolute atomic E-state index is 13.0. The van der Waals surface area contributed by atoms with Gasteiger partial charge in [0.05, 0.1) is 5.02 Å². The van der Waals surface area contributed by atoms with E-state index in [0.29, 0.717) is 17.2 Å². The van der Waals surface area contributed by atoms with Crippen molar-refractivity contribution in [1.82, 2.24) is 0 Å². The topological polar surface area (TPSA) is 64.7 Å². The predicted molar refractivity (Wildman–Crippen MR) is 79.3 cm³/mol. The predicted octanol–water partition coefficient (Wildman–Crippen LogP) is 2.88. The maximum Gasteiger partial charge on any atom is 0.142 e. The van der Waals surface area contributed by atoms with Crippen LogP contribution in [0.5, 0.6) is 11.5 Å². The zero-order valence-corrected chi connectivity index (χ0v) is 11.9. The third kappa shape index (κ3) is 4.81. The lowest BCUT2D eigenvalue weighted by Gasteiger charge is -2.14. The molecule has 0 aliphatic carbocycles. The number of hydrogen-bond donors (Lipinski definition) is 2. The number of aliphatic hydroxyl groups is 1. The second kappa shape index (κ2) is 7.15. The highest BCUT2D eigenvalue weighted by Crippen LogP contribution is 2.21. The van der Waals surface area contributed by atoms with E-state index in [1.807, 2.05) is 0 Å². The van der Waals surface area contributed by atoms with Crippen molar-refractivity contribution in [2.24, 2.45) is 0 Å². The van der Waals surface area contributed by atoms with Crippen molar-refractivity contribution in [3.63, 3.8) is 0 Å². The van der Waals surface area contributed by atoms with Crippen molar-refractivity contribution in [3.8, 4) is 11.5 Å². The van der Waals surface area contributed by atoms with E-state index in [1.165, 1.54) is 18.2 Å². The zero-order chi connectivity index (χ0) is 15.2. The van der Waals surface area contributed by atoms with E-state index < -0.39 is 11.9 Å². The lowest BCUT2D eigenvalue weighted by Crippen LogP contribution is -2.25. The Bertz CT molecular complexity index is 609. The molecule has 1 unspecified atom stereocenters. The molecule has 0 saturated carbocycles. The molecule has 0 amide bonds. The monoisotopic (exact) mass is 311 g/mol. The number of ether oxygens (including phenoxy) is 2. The minimum absolute atomic E-state index is 0.00424. The summed E-state index contributed by atoms with van der Waals surface area (Å²) in [5.41, 5.74) is 6.20. The third-order valence-corrected chi connectivity index (χ3v) is 2.92. The number of nitrogens with two attached hydrogens (primary N) is 1. The summed E-state index contributed by atoms with van der Waals surface area (Å²) >= 11 is 5.63. The summed E-state index contributed by atoms with van der Waals surface area (Å²) in [5, 5.41) is 9.75. The van der Waals surface area contributed by atoms with Crippen LogP contribution in [0.3, 0.4) is 0 Å². The van der Waals surface area contributed by atoms with Crippen molar-refractivity contribution in [3.05, 3.63) is 53.3 Å². The maximum atomic E-state index is 13.0. The molecule has 0 aromatic heterocycles. The van der Waals surface area contributed by atoms with Crippen LogP contribution in [-0.2, 0) is 0 Å². The first-order valence-corrected chi connectivity index (χ1v) is 6.66. The molecule has 0 fully saturated rings. The normalized spacial score (nSPS) is 12.0. The van der Waals surface area contributed by atoms with Gasteiger partial charge in [-0.15, -0.1) is 0 Å². The van der Waals surface area contributed by atoms with Crippen molar-refractivity contribution in [2.45, 2.75) is 6.10 Å². The summed E-state index contributed by atoms with van der Waals surface area (Å²) in [6.07, 6.45) is -0.838. The van der Waals surface area contributed by atoms with Crippen LogP contribution in [0.15, 0.2) is 42.5 Å². The smallest absolute Gasteiger partial charge is 0.142 e. The van der Waals surface area contributed by atoms with Crippen molar-refractivity contribution in [2.75, 3.05) is 18.9 Å².